The van der Waals surface area contributed by atoms with E-state index in [-0.39, 0.29) is 98.8 Å². The first kappa shape index (κ1) is 73.4. The molecule has 2 amide bonds. The Morgan fingerprint density at radius 2 is 0.606 bits per heavy atom. The largest absolute Gasteiger partial charge is 0.483 e. The van der Waals surface area contributed by atoms with Crippen molar-refractivity contribution in [2.24, 2.45) is 0 Å². The Labute approximate surface area is 592 Å². The molecule has 8 bridgehead atoms. The number of rotatable bonds is 20. The van der Waals surface area contributed by atoms with Crippen LogP contribution in [-0.2, 0) is 76.0 Å². The standard InChI is InChI=1S/C74H90N2O10S8/c1-17-75(18-2)59(77)39-83-63-45-25-49-33-55(73(11,12)13)35-51(65(49)85-41-61(79)81-37-57-43-91-69(93-57)67-87-21-22-88-67)27-47-31-54(72(8,9)10)32-48(64(47)84-40-60(78)76(19-3)20-4)28-52-36-56(74(14,15)16)34-50(26-46(63)30-53(29-45)71(5,6)7)66(52)86-42-62(80)82-38-58-44-92-70(94-58)68-89-23-24-90-68/h21-24,29-36,43-44H,17-20,25-28,37-42H2,1-16H3. The first-order valence-electron chi connectivity index (χ1n) is 32.1. The van der Waals surface area contributed by atoms with Crippen LogP contribution in [0.15, 0.2) is 108 Å². The summed E-state index contributed by atoms with van der Waals surface area (Å²) in [6, 6.07) is 17.5. The monoisotopic (exact) mass is 1420 g/mol. The molecule has 9 rings (SSSR count). The average Bonchev–Trinajstić information content (AvgIpc) is 0.996. The Morgan fingerprint density at radius 3 is 0.840 bits per heavy atom. The third-order valence-electron chi connectivity index (χ3n) is 16.5. The molecule has 1 aliphatic carbocycles. The fourth-order valence-corrected chi connectivity index (χ4v) is 19.9. The van der Waals surface area contributed by atoms with Crippen LogP contribution in [0.5, 0.6) is 23.0 Å². The van der Waals surface area contributed by atoms with Gasteiger partial charge in [0.25, 0.3) is 11.8 Å². The van der Waals surface area contributed by atoms with Crippen molar-refractivity contribution in [3.63, 3.8) is 0 Å². The van der Waals surface area contributed by atoms with Gasteiger partial charge >= 0.3 is 11.9 Å². The number of hydrogen-bond donors (Lipinski definition) is 0. The number of fused-ring (bicyclic) bond motifs is 8. The highest BCUT2D eigenvalue weighted by Crippen LogP contribution is 2.55. The van der Waals surface area contributed by atoms with Crippen LogP contribution in [-0.4, -0.2) is 99.4 Å². The first-order valence-corrected chi connectivity index (χ1v) is 39.0. The van der Waals surface area contributed by atoms with Crippen molar-refractivity contribution in [3.05, 3.63) is 174 Å². The quantitative estimate of drug-likeness (QED) is 0.0684. The highest BCUT2D eigenvalue weighted by Gasteiger charge is 2.32. The summed E-state index contributed by atoms with van der Waals surface area (Å²) in [5.41, 5.74) is 9.16. The molecule has 94 heavy (non-hydrogen) atoms. The summed E-state index contributed by atoms with van der Waals surface area (Å²) in [6.45, 7) is 35.3. The molecule has 0 N–H and O–H groups in total. The Bertz CT molecular complexity index is 3380. The number of likely N-dealkylation sites (N-methyl/N-ethyl adjacent to an activating group) is 2. The van der Waals surface area contributed by atoms with Gasteiger partial charge in [-0.15, -0.1) is 0 Å². The number of nitrogens with zero attached hydrogens (tertiary/aromatic N) is 2. The Kier molecular flexibility index (Phi) is 24.9. The van der Waals surface area contributed by atoms with E-state index < -0.39 is 11.9 Å². The van der Waals surface area contributed by atoms with Crippen molar-refractivity contribution in [1.29, 1.82) is 0 Å². The van der Waals surface area contributed by atoms with E-state index in [9.17, 15) is 19.2 Å². The summed E-state index contributed by atoms with van der Waals surface area (Å²) in [6.07, 6.45) is 1.09. The Balaban J connectivity index is 1.26. The third kappa shape index (κ3) is 18.9. The molecular formula is C74H90N2O10S8. The molecule has 4 aromatic carbocycles. The van der Waals surface area contributed by atoms with Gasteiger partial charge in [0, 0.05) is 61.7 Å². The van der Waals surface area contributed by atoms with Gasteiger partial charge in [0.1, 0.15) is 36.2 Å². The lowest BCUT2D eigenvalue weighted by Gasteiger charge is -2.29. The van der Waals surface area contributed by atoms with E-state index in [1.807, 2.05) is 38.5 Å². The predicted molar refractivity (Wildman–Crippen MR) is 401 cm³/mol. The van der Waals surface area contributed by atoms with Gasteiger partial charge in [-0.1, -0.05) is 226 Å². The lowest BCUT2D eigenvalue weighted by Crippen LogP contribution is -2.34. The fourth-order valence-electron chi connectivity index (χ4n) is 11.1. The zero-order valence-corrected chi connectivity index (χ0v) is 63.8. The van der Waals surface area contributed by atoms with E-state index >= 15 is 0 Å². The van der Waals surface area contributed by atoms with Crippen molar-refractivity contribution in [2.75, 3.05) is 65.8 Å². The van der Waals surface area contributed by atoms with Gasteiger partial charge in [0.05, 0.1) is 16.9 Å². The molecule has 0 aromatic heterocycles. The predicted octanol–water partition coefficient (Wildman–Crippen LogP) is 18.7. The number of hydrogen-bond acceptors (Lipinski definition) is 18. The van der Waals surface area contributed by atoms with E-state index in [0.29, 0.717) is 49.2 Å². The second kappa shape index (κ2) is 31.8. The van der Waals surface area contributed by atoms with E-state index in [4.69, 9.17) is 28.4 Å². The van der Waals surface area contributed by atoms with Crippen molar-refractivity contribution in [1.82, 2.24) is 9.80 Å². The lowest BCUT2D eigenvalue weighted by atomic mass is 9.79. The number of ether oxygens (including phenoxy) is 6. The molecule has 0 unspecified atom stereocenters. The second-order valence-corrected chi connectivity index (χ2v) is 36.3. The molecule has 12 nitrogen and oxygen atoms in total. The molecule has 504 valence electrons. The number of thioether (sulfide) groups is 8. The van der Waals surface area contributed by atoms with Gasteiger partial charge < -0.3 is 38.2 Å². The van der Waals surface area contributed by atoms with Gasteiger partial charge in [-0.2, -0.15) is 0 Å². The minimum Gasteiger partial charge on any atom is -0.483 e. The van der Waals surface area contributed by atoms with Crippen molar-refractivity contribution in [2.45, 2.75) is 158 Å². The molecule has 5 aliphatic rings. The van der Waals surface area contributed by atoms with Crippen LogP contribution < -0.4 is 18.9 Å². The fraction of sp³-hybridized carbons (Fsp3) is 0.459. The molecule has 0 atom stereocenters. The van der Waals surface area contributed by atoms with E-state index in [1.54, 1.807) is 104 Å². The molecule has 4 aromatic rings. The number of carbonyl (C=O) groups is 4. The van der Waals surface area contributed by atoms with E-state index in [0.717, 1.165) is 76.6 Å². The lowest BCUT2D eigenvalue weighted by molar-refractivity contribution is -0.145. The SMILES string of the molecule is CCN(CC)C(=O)COc1c2cc(C(C)(C)C)cc1Cc1cc(C(C)(C)C)cc(c1OCC(=O)OCC1=CSC(=C3SC=CS3)S1)Cc1cc(C(C)(C)C)cc(c1OCC(=O)N(CC)CC)Cc1cc(C(C)(C)C)cc(c1OCC(=O)OCC1=CSC(=C3SC=CS3)S1)C2. The molecule has 4 heterocycles. The van der Waals surface area contributed by atoms with E-state index in [1.165, 1.54) is 16.9 Å². The van der Waals surface area contributed by atoms with Crippen LogP contribution in [0.2, 0.25) is 0 Å². The maximum absolute atomic E-state index is 14.3. The zero-order chi connectivity index (χ0) is 67.9. The summed E-state index contributed by atoms with van der Waals surface area (Å²) >= 11 is 13.3. The van der Waals surface area contributed by atoms with Crippen LogP contribution in [0.3, 0.4) is 0 Å². The number of benzene rings is 4. The average molecular weight is 1420 g/mol. The van der Waals surface area contributed by atoms with Crippen LogP contribution in [0.25, 0.3) is 0 Å². The van der Waals surface area contributed by atoms with E-state index in [2.05, 4.69) is 153 Å². The molecule has 0 saturated carbocycles. The molecule has 0 fully saturated rings. The summed E-state index contributed by atoms with van der Waals surface area (Å²) in [5.74, 6) is 0.816. The minimum atomic E-state index is -0.515. The second-order valence-electron chi connectivity index (χ2n) is 27.6. The van der Waals surface area contributed by atoms with Crippen molar-refractivity contribution in [3.8, 4) is 23.0 Å². The number of esters is 2. The summed E-state index contributed by atoms with van der Waals surface area (Å²) < 4.78 is 45.0. The zero-order valence-electron chi connectivity index (χ0n) is 57.2. The number of amides is 2. The molecule has 20 heteroatoms. The summed E-state index contributed by atoms with van der Waals surface area (Å²) in [7, 11) is 0. The molecular weight excluding hydrogens is 1330 g/mol. The third-order valence-corrected chi connectivity index (χ3v) is 26.6. The van der Waals surface area contributed by atoms with Crippen molar-refractivity contribution < 1.29 is 47.6 Å². The summed E-state index contributed by atoms with van der Waals surface area (Å²) in [4.78, 5) is 62.4. The van der Waals surface area contributed by atoms with Crippen LogP contribution in [0.1, 0.15) is 178 Å². The van der Waals surface area contributed by atoms with Gasteiger partial charge in [-0.05, 0) is 149 Å². The van der Waals surface area contributed by atoms with Gasteiger partial charge in [-0.3, -0.25) is 9.59 Å². The van der Waals surface area contributed by atoms with Crippen LogP contribution >= 0.6 is 94.1 Å². The normalized spacial score (nSPS) is 15.7. The smallest absolute Gasteiger partial charge is 0.344 e. The highest BCUT2D eigenvalue weighted by atomic mass is 32.2. The molecule has 0 radical (unpaired) electrons. The Hall–Kier alpha value is -4.80. The highest BCUT2D eigenvalue weighted by molar-refractivity contribution is 8.34. The van der Waals surface area contributed by atoms with Gasteiger partial charge in [0.15, 0.2) is 26.4 Å². The maximum atomic E-state index is 14.3. The van der Waals surface area contributed by atoms with Crippen LogP contribution in [0, 0.1) is 0 Å². The summed E-state index contributed by atoms with van der Waals surface area (Å²) in [5, 5.41) is 12.4. The van der Waals surface area contributed by atoms with Crippen LogP contribution in [0.4, 0.5) is 0 Å². The minimum absolute atomic E-state index is 0.107. The van der Waals surface area contributed by atoms with Gasteiger partial charge in [-0.25, -0.2) is 9.59 Å². The molecule has 0 spiro atoms. The molecule has 4 aliphatic heterocycles. The topological polar surface area (TPSA) is 130 Å². The first-order chi connectivity index (χ1) is 44.5. The maximum Gasteiger partial charge on any atom is 0.344 e. The Morgan fingerprint density at radius 1 is 0.362 bits per heavy atom. The number of carbonyl (C=O) groups excluding carboxylic acids is 4. The van der Waals surface area contributed by atoms with Crippen molar-refractivity contribution >= 4 is 118 Å². The van der Waals surface area contributed by atoms with Gasteiger partial charge in [0.2, 0.25) is 0 Å². The molecule has 0 saturated heterocycles.